The summed E-state index contributed by atoms with van der Waals surface area (Å²) in [4.78, 5) is 19.4. The highest BCUT2D eigenvalue weighted by Gasteiger charge is 2.52. The summed E-state index contributed by atoms with van der Waals surface area (Å²) in [7, 11) is 1.30. The largest absolute Gasteiger partial charge is 0.394 e. The number of benzene rings is 1. The zero-order valence-corrected chi connectivity index (χ0v) is 22.9. The van der Waals surface area contributed by atoms with Crippen molar-refractivity contribution in [2.24, 2.45) is 0 Å². The minimum Gasteiger partial charge on any atom is -0.394 e. The first-order valence-corrected chi connectivity index (χ1v) is 14.0. The summed E-state index contributed by atoms with van der Waals surface area (Å²) >= 11 is 7.16. The van der Waals surface area contributed by atoms with Crippen molar-refractivity contribution in [2.75, 3.05) is 18.6 Å². The Morgan fingerprint density at radius 1 is 1.30 bits per heavy atom. The summed E-state index contributed by atoms with van der Waals surface area (Å²) in [6.45, 7) is -0.665. The molecule has 5 rings (SSSR count). The Balaban J connectivity index is 1.55. The van der Waals surface area contributed by atoms with E-state index in [0.29, 0.717) is 36.4 Å². The number of ether oxygens (including phenoxy) is 2. The van der Waals surface area contributed by atoms with E-state index in [4.69, 9.17) is 21.1 Å². The Hall–Kier alpha value is -2.59. The van der Waals surface area contributed by atoms with Gasteiger partial charge in [0.05, 0.1) is 30.6 Å². The Morgan fingerprint density at radius 3 is 2.75 bits per heavy atom. The molecule has 11 nitrogen and oxygen atoms in total. The first-order chi connectivity index (χ1) is 19.2. The second kappa shape index (κ2) is 12.1. The third-order valence-electron chi connectivity index (χ3n) is 7.35. The smallest absolute Gasteiger partial charge is 0.259 e. The normalized spacial score (nSPS) is 28.9. The summed E-state index contributed by atoms with van der Waals surface area (Å²) in [6, 6.07) is 1.49. The van der Waals surface area contributed by atoms with Gasteiger partial charge in [-0.2, -0.15) is 0 Å². The van der Waals surface area contributed by atoms with E-state index >= 15 is 4.39 Å². The molecule has 3 aromatic rings. The molecule has 216 valence electrons. The van der Waals surface area contributed by atoms with Gasteiger partial charge in [-0.15, -0.1) is 16.4 Å². The van der Waals surface area contributed by atoms with Crippen molar-refractivity contribution in [1.82, 2.24) is 20.0 Å². The lowest BCUT2D eigenvalue weighted by molar-refractivity contribution is -0.211. The molecule has 40 heavy (non-hydrogen) atoms. The lowest BCUT2D eigenvalue weighted by Gasteiger charge is -2.46. The van der Waals surface area contributed by atoms with Crippen LogP contribution in [0.2, 0.25) is 5.15 Å². The molecular formula is C25H28ClF2N5O6S. The number of hydrogen-bond acceptors (Lipinski definition) is 10. The molecule has 1 aromatic carbocycles. The van der Waals surface area contributed by atoms with Gasteiger partial charge in [0.15, 0.2) is 17.7 Å². The van der Waals surface area contributed by atoms with E-state index in [1.807, 2.05) is 0 Å². The second-order valence-corrected chi connectivity index (χ2v) is 11.0. The lowest BCUT2D eigenvalue weighted by Crippen LogP contribution is -2.63. The van der Waals surface area contributed by atoms with E-state index in [0.717, 1.165) is 11.0 Å². The zero-order chi connectivity index (χ0) is 28.6. The average molecular weight is 600 g/mol. The zero-order valence-electron chi connectivity index (χ0n) is 21.3. The Bertz CT molecular complexity index is 1350. The van der Waals surface area contributed by atoms with Gasteiger partial charge in [-0.05, 0) is 25.0 Å². The third kappa shape index (κ3) is 5.36. The molecule has 2 aromatic heterocycles. The highest BCUT2D eigenvalue weighted by molar-refractivity contribution is 7.13. The average Bonchev–Trinajstić information content (AvgIpc) is 3.61. The number of methoxy groups -OCH3 is 1. The van der Waals surface area contributed by atoms with Crippen molar-refractivity contribution < 1.29 is 38.4 Å². The van der Waals surface area contributed by atoms with Crippen LogP contribution in [0, 0.1) is 11.6 Å². The molecule has 2 fully saturated rings. The summed E-state index contributed by atoms with van der Waals surface area (Å²) in [5, 5.41) is 42.5. The van der Waals surface area contributed by atoms with Crippen LogP contribution in [0.4, 0.5) is 14.5 Å². The first-order valence-electron chi connectivity index (χ1n) is 12.7. The number of carbonyl (C=O) groups excluding carboxylic acids is 1. The van der Waals surface area contributed by atoms with Gasteiger partial charge in [-0.3, -0.25) is 4.79 Å². The Morgan fingerprint density at radius 2 is 2.08 bits per heavy atom. The number of carbonyl (C=O) groups is 1. The van der Waals surface area contributed by atoms with Crippen molar-refractivity contribution in [1.29, 1.82) is 0 Å². The van der Waals surface area contributed by atoms with E-state index in [-0.39, 0.29) is 10.8 Å². The maximum atomic E-state index is 15.1. The summed E-state index contributed by atoms with van der Waals surface area (Å²) in [5.74, 6) is -3.24. The van der Waals surface area contributed by atoms with Gasteiger partial charge < -0.3 is 29.7 Å². The molecule has 1 aliphatic heterocycles. The highest BCUT2D eigenvalue weighted by atomic mass is 35.5. The van der Waals surface area contributed by atoms with Crippen molar-refractivity contribution in [3.8, 4) is 10.7 Å². The molecule has 1 aliphatic carbocycles. The van der Waals surface area contributed by atoms with Crippen LogP contribution in [0.5, 0.6) is 0 Å². The first kappa shape index (κ1) is 28.9. The van der Waals surface area contributed by atoms with E-state index in [1.165, 1.54) is 41.5 Å². The maximum absolute atomic E-state index is 15.1. The number of aliphatic hydroxyl groups excluding tert-OH is 3. The quantitative estimate of drug-likeness (QED) is 0.373. The Labute approximate surface area is 236 Å². The van der Waals surface area contributed by atoms with Crippen molar-refractivity contribution >= 4 is 34.5 Å². The molecule has 2 aliphatic rings. The van der Waals surface area contributed by atoms with Gasteiger partial charge in [-0.1, -0.05) is 35.7 Å². The molecule has 1 amide bonds. The van der Waals surface area contributed by atoms with E-state index in [9.17, 15) is 24.5 Å². The summed E-state index contributed by atoms with van der Waals surface area (Å²) in [6.07, 6.45) is -2.80. The van der Waals surface area contributed by atoms with E-state index in [1.54, 1.807) is 5.38 Å². The highest BCUT2D eigenvalue weighted by Crippen LogP contribution is 2.37. The molecule has 1 saturated heterocycles. The third-order valence-corrected chi connectivity index (χ3v) is 8.54. The van der Waals surface area contributed by atoms with Crippen LogP contribution >= 0.6 is 22.9 Å². The van der Waals surface area contributed by atoms with Crippen molar-refractivity contribution in [3.63, 3.8) is 0 Å². The molecule has 0 radical (unpaired) electrons. The standard InChI is InChI=1S/C25H28ClF2N5O6S/c1-38-22-20(32-9-13(30-31-32)24-29-18(26)11-40-24)21(36)17(10-34)39-23(22)25(37)33(14-6-2-3-8-16(14)35)15-7-4-5-12(27)19(15)28/h4-5,7,9,11,14,16-17,20-23,34-36H,2-3,6,8,10H2,1H3/t14-,16-,17+,20-,21-,22+,23+/m0/s1. The molecule has 0 spiro atoms. The summed E-state index contributed by atoms with van der Waals surface area (Å²) < 4.78 is 42.2. The lowest BCUT2D eigenvalue weighted by atomic mass is 9.88. The fourth-order valence-electron chi connectivity index (χ4n) is 5.42. The van der Waals surface area contributed by atoms with Crippen molar-refractivity contribution in [3.05, 3.63) is 46.6 Å². The number of aliphatic hydroxyl groups is 3. The minimum absolute atomic E-state index is 0.274. The number of anilines is 1. The van der Waals surface area contributed by atoms with Gasteiger partial charge in [0.1, 0.15) is 40.2 Å². The molecule has 0 unspecified atom stereocenters. The number of amides is 1. The number of nitrogens with zero attached hydrogens (tertiary/aromatic N) is 5. The monoisotopic (exact) mass is 599 g/mol. The molecule has 1 saturated carbocycles. The van der Waals surface area contributed by atoms with Gasteiger partial charge in [0, 0.05) is 12.5 Å². The number of thiazole rings is 1. The topological polar surface area (TPSA) is 143 Å². The van der Waals surface area contributed by atoms with Gasteiger partial charge >= 0.3 is 0 Å². The molecule has 3 heterocycles. The van der Waals surface area contributed by atoms with E-state index < -0.39 is 66.8 Å². The van der Waals surface area contributed by atoms with Crippen LogP contribution in [-0.4, -0.2) is 91.5 Å². The SMILES string of the molecule is CO[C@@H]1[C@@H](n2cc(-c3nc(Cl)cs3)nn2)[C@@H](O)[C@@H](CO)O[C@H]1C(=O)N(c1cccc(F)c1F)[C@H]1CCCC[C@@H]1O. The molecule has 3 N–H and O–H groups in total. The second-order valence-electron chi connectivity index (χ2n) is 9.72. The minimum atomic E-state index is -1.51. The van der Waals surface area contributed by atoms with Crippen molar-refractivity contribution in [2.45, 2.75) is 68.3 Å². The van der Waals surface area contributed by atoms with Crippen LogP contribution in [0.15, 0.2) is 29.8 Å². The van der Waals surface area contributed by atoms with Gasteiger partial charge in [0.25, 0.3) is 5.91 Å². The number of aromatic nitrogens is 4. The van der Waals surface area contributed by atoms with Crippen LogP contribution in [-0.2, 0) is 14.3 Å². The molecular weight excluding hydrogens is 572 g/mol. The number of halogens is 3. The molecule has 0 bridgehead atoms. The Kier molecular flexibility index (Phi) is 8.75. The van der Waals surface area contributed by atoms with Crippen LogP contribution in [0.25, 0.3) is 10.7 Å². The van der Waals surface area contributed by atoms with Gasteiger partial charge in [-0.25, -0.2) is 18.4 Å². The molecule has 15 heteroatoms. The number of rotatable bonds is 7. The van der Waals surface area contributed by atoms with Crippen LogP contribution in [0.1, 0.15) is 31.7 Å². The summed E-state index contributed by atoms with van der Waals surface area (Å²) in [5.41, 5.74) is -0.0102. The van der Waals surface area contributed by atoms with Crippen LogP contribution in [0.3, 0.4) is 0 Å². The molecule has 7 atom stereocenters. The fourth-order valence-corrected chi connectivity index (χ4v) is 6.32. The van der Waals surface area contributed by atoms with Gasteiger partial charge in [0.2, 0.25) is 0 Å². The number of hydrogen-bond donors (Lipinski definition) is 3. The van der Waals surface area contributed by atoms with E-state index in [2.05, 4.69) is 15.3 Å². The van der Waals surface area contributed by atoms with Crippen LogP contribution < -0.4 is 4.90 Å². The predicted octanol–water partition coefficient (Wildman–Crippen LogP) is 2.35. The maximum Gasteiger partial charge on any atom is 0.259 e. The fraction of sp³-hybridized carbons (Fsp3) is 0.520. The predicted molar refractivity (Wildman–Crippen MR) is 140 cm³/mol.